The molecule has 0 bridgehead atoms. The van der Waals surface area contributed by atoms with Crippen molar-refractivity contribution < 1.29 is 19.1 Å². The van der Waals surface area contributed by atoms with Crippen molar-refractivity contribution in [2.75, 3.05) is 44.7 Å². The van der Waals surface area contributed by atoms with Gasteiger partial charge in [0.1, 0.15) is 11.7 Å². The molecule has 2 heterocycles. The van der Waals surface area contributed by atoms with Gasteiger partial charge in [-0.1, -0.05) is 34.1 Å². The van der Waals surface area contributed by atoms with Crippen LogP contribution in [0.15, 0.2) is 52.0 Å². The number of carbonyl (C=O) groups excluding carboxylic acids is 3. The summed E-state index contributed by atoms with van der Waals surface area (Å²) < 4.78 is 6.22. The molecule has 9 heteroatoms. The number of para-hydroxylation sites is 2. The molecule has 1 aromatic carbocycles. The van der Waals surface area contributed by atoms with Crippen molar-refractivity contribution in [1.82, 2.24) is 9.80 Å². The Labute approximate surface area is 195 Å². The van der Waals surface area contributed by atoms with Gasteiger partial charge in [0.2, 0.25) is 11.8 Å². The van der Waals surface area contributed by atoms with Crippen molar-refractivity contribution in [3.8, 4) is 5.75 Å². The molecule has 4 amide bonds. The number of anilines is 1. The van der Waals surface area contributed by atoms with E-state index >= 15 is 0 Å². The lowest BCUT2D eigenvalue weighted by molar-refractivity contribution is -0.133. The number of methoxy groups -OCH3 is 1. The van der Waals surface area contributed by atoms with E-state index < -0.39 is 11.9 Å². The molecule has 0 spiro atoms. The molecule has 0 aromatic heterocycles. The zero-order chi connectivity index (χ0) is 22.7. The molecule has 0 radical (unpaired) electrons. The summed E-state index contributed by atoms with van der Waals surface area (Å²) in [6.07, 6.45) is 5.88. The highest BCUT2D eigenvalue weighted by atomic mass is 79.9. The molecular weight excluding hydrogens is 476 g/mol. The predicted molar refractivity (Wildman–Crippen MR) is 125 cm³/mol. The number of hydrogen-bond donors (Lipinski definition) is 0. The van der Waals surface area contributed by atoms with E-state index in [0.29, 0.717) is 25.2 Å². The molecule has 0 saturated carbocycles. The van der Waals surface area contributed by atoms with Gasteiger partial charge in [-0.3, -0.25) is 14.5 Å². The fraction of sp³-hybridized carbons (Fsp3) is 0.391. The second kappa shape index (κ2) is 9.68. The van der Waals surface area contributed by atoms with Crippen molar-refractivity contribution in [3.05, 3.63) is 47.0 Å². The molecule has 1 saturated heterocycles. The van der Waals surface area contributed by atoms with Gasteiger partial charge < -0.3 is 14.5 Å². The van der Waals surface area contributed by atoms with Crippen LogP contribution in [0.4, 0.5) is 10.5 Å². The molecule has 32 heavy (non-hydrogen) atoms. The first kappa shape index (κ1) is 22.3. The van der Waals surface area contributed by atoms with Crippen molar-refractivity contribution in [2.24, 2.45) is 10.9 Å². The first-order valence-corrected chi connectivity index (χ1v) is 11.4. The highest BCUT2D eigenvalue weighted by Crippen LogP contribution is 2.28. The smallest absolute Gasteiger partial charge is 0.350 e. The zero-order valence-electron chi connectivity index (χ0n) is 17.9. The minimum Gasteiger partial charge on any atom is -0.495 e. The number of rotatable bonds is 6. The SMILES string of the molecule is COc1ccccc1N1CCN(C(=O)CCCN2C(=O)N=C3C=CC(Br)=CC3C2=O)CC1. The summed E-state index contributed by atoms with van der Waals surface area (Å²) in [5.41, 5.74) is 1.49. The Morgan fingerprint density at radius 2 is 1.91 bits per heavy atom. The number of amides is 4. The van der Waals surface area contributed by atoms with E-state index in [1.54, 1.807) is 25.3 Å². The number of urea groups is 1. The van der Waals surface area contributed by atoms with Crippen molar-refractivity contribution in [2.45, 2.75) is 12.8 Å². The van der Waals surface area contributed by atoms with Crippen molar-refractivity contribution >= 4 is 45.2 Å². The van der Waals surface area contributed by atoms with Gasteiger partial charge in [-0.05, 0) is 30.7 Å². The van der Waals surface area contributed by atoms with Gasteiger partial charge in [-0.15, -0.1) is 0 Å². The average molecular weight is 501 g/mol. The van der Waals surface area contributed by atoms with Crippen LogP contribution in [0.3, 0.4) is 0 Å². The topological polar surface area (TPSA) is 82.5 Å². The van der Waals surface area contributed by atoms with Crippen LogP contribution in [0.1, 0.15) is 12.8 Å². The van der Waals surface area contributed by atoms with Crippen LogP contribution in [0, 0.1) is 5.92 Å². The third kappa shape index (κ3) is 4.62. The summed E-state index contributed by atoms with van der Waals surface area (Å²) in [6, 6.07) is 7.30. The van der Waals surface area contributed by atoms with E-state index in [1.165, 1.54) is 0 Å². The Morgan fingerprint density at radius 3 is 2.66 bits per heavy atom. The predicted octanol–water partition coefficient (Wildman–Crippen LogP) is 2.99. The first-order chi connectivity index (χ1) is 15.5. The number of piperazine rings is 1. The van der Waals surface area contributed by atoms with Gasteiger partial charge in [0.05, 0.1) is 18.5 Å². The number of benzene rings is 1. The van der Waals surface area contributed by atoms with Crippen LogP contribution < -0.4 is 9.64 Å². The molecule has 1 unspecified atom stereocenters. The van der Waals surface area contributed by atoms with Crippen LogP contribution in [-0.4, -0.2) is 73.2 Å². The molecule has 8 nitrogen and oxygen atoms in total. The van der Waals surface area contributed by atoms with Crippen LogP contribution in [0.2, 0.25) is 0 Å². The standard InChI is InChI=1S/C23H25BrN4O4/c1-32-20-6-3-2-5-19(20)26-11-13-27(14-12-26)21(29)7-4-10-28-22(30)17-15-16(24)8-9-18(17)25-23(28)31/h2-3,5-6,8-9,15,17H,4,7,10-14H2,1H3. The van der Waals surface area contributed by atoms with Gasteiger partial charge in [-0.2, -0.15) is 4.99 Å². The fourth-order valence-electron chi connectivity index (χ4n) is 4.15. The number of imide groups is 1. The third-order valence-electron chi connectivity index (χ3n) is 5.88. The molecule has 1 aromatic rings. The lowest BCUT2D eigenvalue weighted by atomic mass is 9.95. The molecule has 2 aliphatic heterocycles. The maximum atomic E-state index is 12.7. The van der Waals surface area contributed by atoms with Crippen LogP contribution in [0.5, 0.6) is 5.75 Å². The second-order valence-electron chi connectivity index (χ2n) is 7.81. The number of allylic oxidation sites excluding steroid dienone is 3. The van der Waals surface area contributed by atoms with Gasteiger partial charge in [0.25, 0.3) is 0 Å². The van der Waals surface area contributed by atoms with E-state index in [4.69, 9.17) is 4.74 Å². The van der Waals surface area contributed by atoms with E-state index in [9.17, 15) is 14.4 Å². The third-order valence-corrected chi connectivity index (χ3v) is 6.40. The number of hydrogen-bond acceptors (Lipinski definition) is 5. The van der Waals surface area contributed by atoms with E-state index in [0.717, 1.165) is 33.9 Å². The summed E-state index contributed by atoms with van der Waals surface area (Å²) in [5, 5.41) is 0. The highest BCUT2D eigenvalue weighted by molar-refractivity contribution is 9.11. The maximum Gasteiger partial charge on any atom is 0.350 e. The van der Waals surface area contributed by atoms with Gasteiger partial charge in [-0.25, -0.2) is 4.79 Å². The Hall–Kier alpha value is -2.94. The number of fused-ring (bicyclic) bond motifs is 1. The minimum atomic E-state index is -0.560. The number of nitrogens with zero attached hydrogens (tertiary/aromatic N) is 4. The molecule has 1 atom stereocenters. The Morgan fingerprint density at radius 1 is 1.16 bits per heavy atom. The Balaban J connectivity index is 1.27. The monoisotopic (exact) mass is 500 g/mol. The number of aliphatic imine (C=N–C) groups is 1. The van der Waals surface area contributed by atoms with E-state index in [-0.39, 0.29) is 24.8 Å². The van der Waals surface area contributed by atoms with E-state index in [2.05, 4.69) is 25.8 Å². The number of halogens is 1. The van der Waals surface area contributed by atoms with E-state index in [1.807, 2.05) is 29.2 Å². The lowest BCUT2D eigenvalue weighted by Gasteiger charge is -2.36. The van der Waals surface area contributed by atoms with Crippen LogP contribution in [0.25, 0.3) is 0 Å². The molecule has 1 fully saturated rings. The molecule has 4 rings (SSSR count). The number of carbonyl (C=O) groups is 3. The Bertz CT molecular complexity index is 1010. The van der Waals surface area contributed by atoms with Gasteiger partial charge >= 0.3 is 6.03 Å². The highest BCUT2D eigenvalue weighted by Gasteiger charge is 2.36. The molecule has 0 N–H and O–H groups in total. The van der Waals surface area contributed by atoms with Crippen LogP contribution in [-0.2, 0) is 9.59 Å². The fourth-order valence-corrected chi connectivity index (χ4v) is 4.54. The summed E-state index contributed by atoms with van der Waals surface area (Å²) >= 11 is 3.36. The normalized spacial score (nSPS) is 20.7. The summed E-state index contributed by atoms with van der Waals surface area (Å²) in [5.74, 6) is 0.0170. The van der Waals surface area contributed by atoms with Crippen molar-refractivity contribution in [1.29, 1.82) is 0 Å². The van der Waals surface area contributed by atoms with Crippen LogP contribution >= 0.6 is 15.9 Å². The quantitative estimate of drug-likeness (QED) is 0.599. The number of ether oxygens (including phenoxy) is 1. The first-order valence-electron chi connectivity index (χ1n) is 10.6. The lowest BCUT2D eigenvalue weighted by Crippen LogP contribution is -2.49. The molecular formula is C23H25BrN4O4. The minimum absolute atomic E-state index is 0.0361. The van der Waals surface area contributed by atoms with Gasteiger partial charge in [0.15, 0.2) is 0 Å². The molecule has 3 aliphatic rings. The molecule has 1 aliphatic carbocycles. The second-order valence-corrected chi connectivity index (χ2v) is 8.73. The average Bonchev–Trinajstić information content (AvgIpc) is 2.81. The summed E-state index contributed by atoms with van der Waals surface area (Å²) in [6.45, 7) is 2.89. The molecule has 168 valence electrons. The van der Waals surface area contributed by atoms with Gasteiger partial charge in [0, 0.05) is 43.6 Å². The largest absolute Gasteiger partial charge is 0.495 e. The van der Waals surface area contributed by atoms with Crippen molar-refractivity contribution in [3.63, 3.8) is 0 Å². The summed E-state index contributed by atoms with van der Waals surface area (Å²) in [7, 11) is 1.66. The Kier molecular flexibility index (Phi) is 6.74. The maximum absolute atomic E-state index is 12.7. The zero-order valence-corrected chi connectivity index (χ0v) is 19.5. The summed E-state index contributed by atoms with van der Waals surface area (Å²) in [4.78, 5) is 46.9.